The van der Waals surface area contributed by atoms with Crippen LogP contribution in [0.1, 0.15) is 15.9 Å². The van der Waals surface area contributed by atoms with Crippen molar-refractivity contribution in [2.45, 2.75) is 6.54 Å². The molecule has 2 heterocycles. The van der Waals surface area contributed by atoms with E-state index < -0.39 is 5.91 Å². The third kappa shape index (κ3) is 4.33. The van der Waals surface area contributed by atoms with Crippen LogP contribution >= 0.6 is 24.4 Å². The van der Waals surface area contributed by atoms with E-state index >= 15 is 0 Å². The minimum Gasteiger partial charge on any atom is -0.338 e. The summed E-state index contributed by atoms with van der Waals surface area (Å²) in [5.74, 6) is -0.849. The second-order valence-corrected chi connectivity index (χ2v) is 8.00. The van der Waals surface area contributed by atoms with Crippen molar-refractivity contribution in [1.29, 1.82) is 0 Å². The Labute approximate surface area is 190 Å². The third-order valence-electron chi connectivity index (χ3n) is 5.21. The number of carbonyl (C=O) groups excluding carboxylic acids is 3. The van der Waals surface area contributed by atoms with E-state index in [1.54, 1.807) is 45.0 Å². The monoisotopic (exact) mass is 452 g/mol. The van der Waals surface area contributed by atoms with Crippen molar-refractivity contribution in [2.75, 3.05) is 26.2 Å². The smallest absolute Gasteiger partial charge is 0.266 e. The fourth-order valence-electron chi connectivity index (χ4n) is 3.57. The number of rotatable bonds is 6. The second kappa shape index (κ2) is 8.91. The predicted molar refractivity (Wildman–Crippen MR) is 123 cm³/mol. The van der Waals surface area contributed by atoms with Crippen LogP contribution in [-0.4, -0.2) is 73.7 Å². The summed E-state index contributed by atoms with van der Waals surface area (Å²) in [5.41, 5.74) is 1.41. The average Bonchev–Trinajstić information content (AvgIpc) is 3.22. The Hall–Kier alpha value is -3.17. The van der Waals surface area contributed by atoms with E-state index in [9.17, 15) is 14.4 Å². The maximum Gasteiger partial charge on any atom is 0.266 e. The van der Waals surface area contributed by atoms with Gasteiger partial charge < -0.3 is 9.80 Å². The van der Waals surface area contributed by atoms with E-state index in [1.165, 1.54) is 0 Å². The Kier molecular flexibility index (Phi) is 6.06. The van der Waals surface area contributed by atoms with Gasteiger partial charge in [-0.15, -0.1) is 0 Å². The van der Waals surface area contributed by atoms with Gasteiger partial charge in [0.25, 0.3) is 11.8 Å². The van der Waals surface area contributed by atoms with Gasteiger partial charge in [0.15, 0.2) is 10.2 Å². The zero-order valence-electron chi connectivity index (χ0n) is 16.6. The summed E-state index contributed by atoms with van der Waals surface area (Å²) in [6.45, 7) is 1.45. The van der Waals surface area contributed by atoms with Crippen molar-refractivity contribution in [1.82, 2.24) is 19.6 Å². The van der Waals surface area contributed by atoms with Gasteiger partial charge >= 0.3 is 0 Å². The molecule has 2 fully saturated rings. The van der Waals surface area contributed by atoms with Crippen LogP contribution in [0.15, 0.2) is 60.7 Å². The zero-order valence-corrected chi connectivity index (χ0v) is 18.3. The Balaban J connectivity index is 1.37. The van der Waals surface area contributed by atoms with Crippen LogP contribution in [-0.2, 0) is 16.1 Å². The highest BCUT2D eigenvalue weighted by molar-refractivity contribution is 7.80. The van der Waals surface area contributed by atoms with Crippen LogP contribution in [0.4, 0.5) is 0 Å². The molecule has 0 bridgehead atoms. The first-order valence-corrected chi connectivity index (χ1v) is 10.6. The summed E-state index contributed by atoms with van der Waals surface area (Å²) < 4.78 is 0. The van der Waals surface area contributed by atoms with Gasteiger partial charge in [-0.3, -0.25) is 19.3 Å². The van der Waals surface area contributed by atoms with Crippen LogP contribution in [0.2, 0.25) is 0 Å². The highest BCUT2D eigenvalue weighted by Crippen LogP contribution is 2.18. The molecule has 0 atom stereocenters. The Bertz CT molecular complexity index is 1050. The maximum absolute atomic E-state index is 12.7. The summed E-state index contributed by atoms with van der Waals surface area (Å²) in [6, 6.07) is 18.2. The van der Waals surface area contributed by atoms with E-state index in [4.69, 9.17) is 24.4 Å². The van der Waals surface area contributed by atoms with Crippen molar-refractivity contribution in [3.05, 3.63) is 71.8 Å². The normalized spacial score (nSPS) is 16.6. The molecule has 7 nitrogen and oxygen atoms in total. The average molecular weight is 453 g/mol. The SMILES string of the molecule is O=C1CN(CCN2CC(=O)N(C(=O)c3ccccc3)C2=S)C(=S)N1Cc1ccccc1. The lowest BCUT2D eigenvalue weighted by Gasteiger charge is -2.24. The number of hydrogen-bond donors (Lipinski definition) is 0. The maximum atomic E-state index is 12.7. The molecule has 0 spiro atoms. The van der Waals surface area contributed by atoms with Gasteiger partial charge in [0.2, 0.25) is 5.91 Å². The molecule has 0 radical (unpaired) electrons. The summed E-state index contributed by atoms with van der Waals surface area (Å²) in [6.07, 6.45) is 0. The van der Waals surface area contributed by atoms with E-state index in [0.717, 1.165) is 10.5 Å². The third-order valence-corrected chi connectivity index (χ3v) is 6.13. The number of thiocarbonyl (C=S) groups is 2. The summed E-state index contributed by atoms with van der Waals surface area (Å²) in [5, 5.41) is 0.638. The summed E-state index contributed by atoms with van der Waals surface area (Å²) >= 11 is 10.9. The lowest BCUT2D eigenvalue weighted by Crippen LogP contribution is -2.41. The van der Waals surface area contributed by atoms with Crippen molar-refractivity contribution < 1.29 is 14.4 Å². The zero-order chi connectivity index (χ0) is 22.0. The van der Waals surface area contributed by atoms with Crippen LogP contribution in [0, 0.1) is 0 Å². The molecule has 2 saturated heterocycles. The molecule has 0 unspecified atom stereocenters. The molecule has 2 aliphatic rings. The Morgan fingerprint density at radius 2 is 1.32 bits per heavy atom. The molecule has 0 N–H and O–H groups in total. The first kappa shape index (κ1) is 21.1. The standard InChI is InChI=1S/C22H20N4O3S2/c27-18-14-23(21(30)25(18)13-16-7-3-1-4-8-16)11-12-24-15-19(28)26(22(24)31)20(29)17-9-5-2-6-10-17/h1-10H,11-15H2. The van der Waals surface area contributed by atoms with Gasteiger partial charge in [0.05, 0.1) is 13.1 Å². The van der Waals surface area contributed by atoms with Gasteiger partial charge in [0.1, 0.15) is 6.54 Å². The number of nitrogens with zero attached hydrogens (tertiary/aromatic N) is 4. The van der Waals surface area contributed by atoms with Crippen molar-refractivity contribution in [2.24, 2.45) is 0 Å². The molecule has 0 aliphatic carbocycles. The van der Waals surface area contributed by atoms with Gasteiger partial charge in [-0.1, -0.05) is 48.5 Å². The molecule has 2 aromatic rings. The quantitative estimate of drug-likeness (QED) is 0.490. The lowest BCUT2D eigenvalue weighted by atomic mass is 10.2. The minimum absolute atomic E-state index is 0.0275. The molecule has 31 heavy (non-hydrogen) atoms. The molecule has 2 aliphatic heterocycles. The second-order valence-electron chi connectivity index (χ2n) is 7.27. The van der Waals surface area contributed by atoms with Gasteiger partial charge in [-0.25, -0.2) is 4.90 Å². The van der Waals surface area contributed by atoms with Crippen LogP contribution < -0.4 is 0 Å². The van der Waals surface area contributed by atoms with Crippen molar-refractivity contribution in [3.8, 4) is 0 Å². The molecule has 4 rings (SSSR count). The summed E-state index contributed by atoms with van der Waals surface area (Å²) in [7, 11) is 0. The van der Waals surface area contributed by atoms with Crippen molar-refractivity contribution >= 4 is 52.4 Å². The number of carbonyl (C=O) groups is 3. The minimum atomic E-state index is -0.431. The van der Waals surface area contributed by atoms with Crippen LogP contribution in [0.3, 0.4) is 0 Å². The highest BCUT2D eigenvalue weighted by Gasteiger charge is 2.39. The Morgan fingerprint density at radius 3 is 1.97 bits per heavy atom. The molecular weight excluding hydrogens is 432 g/mol. The molecule has 0 saturated carbocycles. The van der Waals surface area contributed by atoms with E-state index in [2.05, 4.69) is 0 Å². The summed E-state index contributed by atoms with van der Waals surface area (Å²) in [4.78, 5) is 43.7. The number of benzene rings is 2. The van der Waals surface area contributed by atoms with Crippen LogP contribution in [0.25, 0.3) is 0 Å². The fraction of sp³-hybridized carbons (Fsp3) is 0.227. The van der Waals surface area contributed by atoms with Crippen LogP contribution in [0.5, 0.6) is 0 Å². The molecular formula is C22H20N4O3S2. The molecule has 158 valence electrons. The number of amides is 3. The fourth-order valence-corrected chi connectivity index (χ4v) is 4.23. The van der Waals surface area contributed by atoms with Gasteiger partial charge in [0, 0.05) is 18.7 Å². The molecule has 0 aromatic heterocycles. The molecule has 2 aromatic carbocycles. The first-order valence-electron chi connectivity index (χ1n) is 9.80. The molecule has 9 heteroatoms. The number of imide groups is 1. The predicted octanol–water partition coefficient (Wildman–Crippen LogP) is 1.89. The van der Waals surface area contributed by atoms with Crippen molar-refractivity contribution in [3.63, 3.8) is 0 Å². The topological polar surface area (TPSA) is 64.2 Å². The highest BCUT2D eigenvalue weighted by atomic mass is 32.1. The first-order chi connectivity index (χ1) is 15.0. The van der Waals surface area contributed by atoms with E-state index in [-0.39, 0.29) is 30.0 Å². The van der Waals surface area contributed by atoms with Gasteiger partial charge in [-0.2, -0.15) is 0 Å². The lowest BCUT2D eigenvalue weighted by molar-refractivity contribution is -0.125. The van der Waals surface area contributed by atoms with Gasteiger partial charge in [-0.05, 0) is 42.1 Å². The Morgan fingerprint density at radius 1 is 0.774 bits per heavy atom. The van der Waals surface area contributed by atoms with E-state index in [1.807, 2.05) is 30.3 Å². The largest absolute Gasteiger partial charge is 0.338 e. The van der Waals surface area contributed by atoms with E-state index in [0.29, 0.717) is 30.3 Å². The number of hydrogen-bond acceptors (Lipinski definition) is 5. The molecule has 3 amide bonds.